The molecular formula is C20H33N3O3. The molecule has 26 heavy (non-hydrogen) atoms. The van der Waals surface area contributed by atoms with Gasteiger partial charge in [-0.2, -0.15) is 0 Å². The van der Waals surface area contributed by atoms with Gasteiger partial charge in [-0.25, -0.2) is 0 Å². The molecule has 0 radical (unpaired) electrons. The van der Waals surface area contributed by atoms with Gasteiger partial charge in [0.05, 0.1) is 0 Å². The van der Waals surface area contributed by atoms with Gasteiger partial charge in [-0.15, -0.1) is 0 Å². The van der Waals surface area contributed by atoms with Crippen LogP contribution in [0, 0.1) is 11.8 Å². The molecule has 1 unspecified atom stereocenters. The Kier molecular flexibility index (Phi) is 6.20. The maximum atomic E-state index is 13.1. The summed E-state index contributed by atoms with van der Waals surface area (Å²) in [6.45, 7) is 4.74. The van der Waals surface area contributed by atoms with Gasteiger partial charge in [0.15, 0.2) is 0 Å². The summed E-state index contributed by atoms with van der Waals surface area (Å²) in [7, 11) is 1.83. The monoisotopic (exact) mass is 363 g/mol. The molecular weight excluding hydrogens is 330 g/mol. The molecule has 1 saturated carbocycles. The Balaban J connectivity index is 1.57. The highest BCUT2D eigenvalue weighted by Gasteiger charge is 2.39. The van der Waals surface area contributed by atoms with Gasteiger partial charge in [0.25, 0.3) is 0 Å². The number of carbonyl (C=O) groups is 3. The largest absolute Gasteiger partial charge is 0.342 e. The van der Waals surface area contributed by atoms with Crippen molar-refractivity contribution in [3.63, 3.8) is 0 Å². The second-order valence-electron chi connectivity index (χ2n) is 8.18. The van der Waals surface area contributed by atoms with Crippen LogP contribution < -0.4 is 0 Å². The number of likely N-dealkylation sites (tertiary alicyclic amines) is 1. The second kappa shape index (κ2) is 8.40. The van der Waals surface area contributed by atoms with Crippen molar-refractivity contribution in [3.8, 4) is 0 Å². The fraction of sp³-hybridized carbons (Fsp3) is 0.850. The van der Waals surface area contributed by atoms with E-state index in [0.29, 0.717) is 26.2 Å². The third-order valence-corrected chi connectivity index (χ3v) is 6.44. The standard InChI is InChI=1S/C20H33N3O3/c1-3-4-8-17-20(26)21(2)13-14-23(17)19(25)16-9-11-22(12-10-16)18(24)15-6-5-7-15/h15-17H,3-14H2,1-2H3. The molecule has 0 aromatic carbocycles. The molecule has 6 nitrogen and oxygen atoms in total. The van der Waals surface area contributed by atoms with E-state index in [-0.39, 0.29) is 35.6 Å². The van der Waals surface area contributed by atoms with E-state index in [1.165, 1.54) is 6.42 Å². The van der Waals surface area contributed by atoms with E-state index in [1.807, 2.05) is 16.8 Å². The maximum absolute atomic E-state index is 13.1. The van der Waals surface area contributed by atoms with Crippen molar-refractivity contribution in [1.29, 1.82) is 0 Å². The van der Waals surface area contributed by atoms with Gasteiger partial charge < -0.3 is 14.7 Å². The Morgan fingerprint density at radius 2 is 1.62 bits per heavy atom. The quantitative estimate of drug-likeness (QED) is 0.749. The number of piperidine rings is 1. The third-order valence-electron chi connectivity index (χ3n) is 6.44. The van der Waals surface area contributed by atoms with Crippen LogP contribution in [0.3, 0.4) is 0 Å². The zero-order valence-corrected chi connectivity index (χ0v) is 16.3. The normalized spacial score (nSPS) is 25.4. The van der Waals surface area contributed by atoms with E-state index in [0.717, 1.165) is 44.9 Å². The summed E-state index contributed by atoms with van der Waals surface area (Å²) in [6.07, 6.45) is 7.43. The van der Waals surface area contributed by atoms with Crippen molar-refractivity contribution in [2.24, 2.45) is 11.8 Å². The zero-order valence-electron chi connectivity index (χ0n) is 16.3. The number of hydrogen-bond donors (Lipinski definition) is 0. The van der Waals surface area contributed by atoms with Crippen LogP contribution in [0.15, 0.2) is 0 Å². The molecule has 146 valence electrons. The smallest absolute Gasteiger partial charge is 0.245 e. The molecule has 3 amide bonds. The predicted molar refractivity (Wildman–Crippen MR) is 99.3 cm³/mol. The van der Waals surface area contributed by atoms with Crippen molar-refractivity contribution in [3.05, 3.63) is 0 Å². The van der Waals surface area contributed by atoms with Crippen LogP contribution in [0.1, 0.15) is 58.3 Å². The molecule has 0 spiro atoms. The van der Waals surface area contributed by atoms with Crippen molar-refractivity contribution in [2.75, 3.05) is 33.2 Å². The Hall–Kier alpha value is -1.59. The Labute approximate surface area is 156 Å². The number of rotatable bonds is 5. The topological polar surface area (TPSA) is 60.9 Å². The summed E-state index contributed by atoms with van der Waals surface area (Å²) in [6, 6.07) is -0.296. The molecule has 0 bridgehead atoms. The molecule has 0 aromatic rings. The van der Waals surface area contributed by atoms with Crippen LogP contribution in [-0.2, 0) is 14.4 Å². The highest BCUT2D eigenvalue weighted by Crippen LogP contribution is 2.31. The summed E-state index contributed by atoms with van der Waals surface area (Å²) in [5.41, 5.74) is 0. The first-order valence-corrected chi connectivity index (χ1v) is 10.4. The van der Waals surface area contributed by atoms with Gasteiger partial charge in [0, 0.05) is 45.1 Å². The van der Waals surface area contributed by atoms with Crippen molar-refractivity contribution >= 4 is 17.7 Å². The highest BCUT2D eigenvalue weighted by atomic mass is 16.2. The van der Waals surface area contributed by atoms with E-state index in [4.69, 9.17) is 0 Å². The van der Waals surface area contributed by atoms with Gasteiger partial charge in [-0.05, 0) is 32.1 Å². The predicted octanol–water partition coefficient (Wildman–Crippen LogP) is 1.88. The van der Waals surface area contributed by atoms with Crippen LogP contribution >= 0.6 is 0 Å². The van der Waals surface area contributed by atoms with E-state index >= 15 is 0 Å². The van der Waals surface area contributed by atoms with Gasteiger partial charge in [-0.3, -0.25) is 14.4 Å². The summed E-state index contributed by atoms with van der Waals surface area (Å²) < 4.78 is 0. The highest BCUT2D eigenvalue weighted by molar-refractivity contribution is 5.89. The molecule has 2 heterocycles. The first-order valence-electron chi connectivity index (χ1n) is 10.4. The third kappa shape index (κ3) is 3.89. The number of amides is 3. The van der Waals surface area contributed by atoms with Crippen molar-refractivity contribution < 1.29 is 14.4 Å². The van der Waals surface area contributed by atoms with Crippen LogP contribution in [0.4, 0.5) is 0 Å². The average Bonchev–Trinajstić information content (AvgIpc) is 2.61. The SMILES string of the molecule is CCCCC1C(=O)N(C)CCN1C(=O)C1CCN(C(=O)C2CCC2)CC1. The molecule has 1 atom stereocenters. The number of hydrogen-bond acceptors (Lipinski definition) is 3. The Morgan fingerprint density at radius 1 is 0.962 bits per heavy atom. The lowest BCUT2D eigenvalue weighted by Crippen LogP contribution is -2.59. The zero-order chi connectivity index (χ0) is 18.7. The Bertz CT molecular complexity index is 538. The second-order valence-corrected chi connectivity index (χ2v) is 8.18. The molecule has 1 aliphatic carbocycles. The Morgan fingerprint density at radius 3 is 2.19 bits per heavy atom. The minimum Gasteiger partial charge on any atom is -0.342 e. The lowest BCUT2D eigenvalue weighted by atomic mass is 9.83. The lowest BCUT2D eigenvalue weighted by molar-refractivity contribution is -0.154. The molecule has 0 N–H and O–H groups in total. The lowest BCUT2D eigenvalue weighted by Gasteiger charge is -2.42. The van der Waals surface area contributed by atoms with E-state index < -0.39 is 0 Å². The van der Waals surface area contributed by atoms with Crippen LogP contribution in [-0.4, -0.2) is 71.7 Å². The molecule has 2 aliphatic heterocycles. The molecule has 3 aliphatic rings. The molecule has 3 rings (SSSR count). The van der Waals surface area contributed by atoms with Gasteiger partial charge in [0.1, 0.15) is 6.04 Å². The molecule has 6 heteroatoms. The van der Waals surface area contributed by atoms with Crippen molar-refractivity contribution in [1.82, 2.24) is 14.7 Å². The average molecular weight is 364 g/mol. The van der Waals surface area contributed by atoms with Gasteiger partial charge in [0.2, 0.25) is 17.7 Å². The molecule has 2 saturated heterocycles. The fourth-order valence-electron chi connectivity index (χ4n) is 4.35. The molecule has 3 fully saturated rings. The first-order chi connectivity index (χ1) is 12.5. The van der Waals surface area contributed by atoms with Gasteiger partial charge >= 0.3 is 0 Å². The summed E-state index contributed by atoms with van der Waals surface area (Å²) in [5, 5.41) is 0. The van der Waals surface area contributed by atoms with Gasteiger partial charge in [-0.1, -0.05) is 26.2 Å². The number of unbranched alkanes of at least 4 members (excludes halogenated alkanes) is 1. The minimum atomic E-state index is -0.296. The summed E-state index contributed by atoms with van der Waals surface area (Å²) in [4.78, 5) is 43.6. The number of piperazine rings is 1. The van der Waals surface area contributed by atoms with Crippen LogP contribution in [0.25, 0.3) is 0 Å². The summed E-state index contributed by atoms with van der Waals surface area (Å²) >= 11 is 0. The van der Waals surface area contributed by atoms with E-state index in [9.17, 15) is 14.4 Å². The molecule has 0 aromatic heterocycles. The fourth-order valence-corrected chi connectivity index (χ4v) is 4.35. The van der Waals surface area contributed by atoms with Crippen molar-refractivity contribution in [2.45, 2.75) is 64.3 Å². The van der Waals surface area contributed by atoms with Crippen LogP contribution in [0.2, 0.25) is 0 Å². The number of likely N-dealkylation sites (N-methyl/N-ethyl adjacent to an activating group) is 1. The summed E-state index contributed by atoms with van der Waals surface area (Å²) in [5.74, 6) is 0.688. The first kappa shape index (κ1) is 19.2. The number of nitrogens with zero attached hydrogens (tertiary/aromatic N) is 3. The van der Waals surface area contributed by atoms with E-state index in [2.05, 4.69) is 6.92 Å². The number of carbonyl (C=O) groups excluding carboxylic acids is 3. The van der Waals surface area contributed by atoms with Crippen LogP contribution in [0.5, 0.6) is 0 Å². The minimum absolute atomic E-state index is 0.0410. The van der Waals surface area contributed by atoms with E-state index in [1.54, 1.807) is 4.90 Å². The maximum Gasteiger partial charge on any atom is 0.245 e.